The smallest absolute Gasteiger partial charge is 0.267 e. The van der Waals surface area contributed by atoms with Crippen LogP contribution in [0.2, 0.25) is 5.02 Å². The molecule has 1 unspecified atom stereocenters. The van der Waals surface area contributed by atoms with Gasteiger partial charge in [0.25, 0.3) is 12.0 Å². The van der Waals surface area contributed by atoms with E-state index in [1.54, 1.807) is 31.2 Å². The number of nitrogens with zero attached hydrogens (tertiary/aromatic N) is 5. The maximum atomic E-state index is 13.7. The number of hydrogen-bond donors (Lipinski definition) is 3. The molecule has 0 saturated carbocycles. The van der Waals surface area contributed by atoms with E-state index < -0.39 is 18.0 Å². The predicted molar refractivity (Wildman–Crippen MR) is 130 cm³/mol. The Balaban J connectivity index is 2.00. The molecule has 2 aromatic carbocycles. The van der Waals surface area contributed by atoms with E-state index in [1.165, 1.54) is 23.6 Å². The fourth-order valence-electron chi connectivity index (χ4n) is 3.83. The highest BCUT2D eigenvalue weighted by Crippen LogP contribution is 2.30. The number of hydrogen-bond acceptors (Lipinski definition) is 8. The first-order valence-corrected chi connectivity index (χ1v) is 10.7. The average molecular weight is 497 g/mol. The van der Waals surface area contributed by atoms with E-state index in [0.717, 1.165) is 0 Å². The Morgan fingerprint density at radius 2 is 1.86 bits per heavy atom. The third-order valence-corrected chi connectivity index (χ3v) is 5.82. The molecule has 2 heterocycles. The zero-order valence-electron chi connectivity index (χ0n) is 18.6. The number of benzene rings is 2. The molecule has 1 atom stereocenters. The molecule has 0 aliphatic rings. The molecule has 4 rings (SSSR count). The van der Waals surface area contributed by atoms with E-state index in [4.69, 9.17) is 23.1 Å². The molecule has 2 aromatic heterocycles. The predicted octanol–water partition coefficient (Wildman–Crippen LogP) is 4.28. The molecule has 4 aromatic rings. The van der Waals surface area contributed by atoms with Crippen molar-refractivity contribution in [3.63, 3.8) is 0 Å². The second kappa shape index (κ2) is 9.15. The van der Waals surface area contributed by atoms with E-state index >= 15 is 0 Å². The van der Waals surface area contributed by atoms with Gasteiger partial charge in [-0.1, -0.05) is 29.8 Å². The van der Waals surface area contributed by atoms with Gasteiger partial charge < -0.3 is 16.8 Å². The van der Waals surface area contributed by atoms with Crippen molar-refractivity contribution in [3.8, 4) is 11.8 Å². The number of anilines is 3. The molecule has 9 nitrogen and oxygen atoms in total. The monoisotopic (exact) mass is 496 g/mol. The summed E-state index contributed by atoms with van der Waals surface area (Å²) < 4.78 is 28.5. The maximum Gasteiger partial charge on any atom is 0.267 e. The Labute approximate surface area is 203 Å². The number of fused-ring (bicyclic) bond motifs is 1. The maximum absolute atomic E-state index is 13.7. The summed E-state index contributed by atoms with van der Waals surface area (Å²) in [6.07, 6.45) is -2.74. The first-order valence-electron chi connectivity index (χ1n) is 10.3. The first-order chi connectivity index (χ1) is 16.6. The van der Waals surface area contributed by atoms with Gasteiger partial charge in [0.05, 0.1) is 27.7 Å². The minimum absolute atomic E-state index is 0.0371. The van der Waals surface area contributed by atoms with Crippen molar-refractivity contribution in [2.75, 3.05) is 16.8 Å². The molecule has 0 spiro atoms. The molecule has 0 aliphatic heterocycles. The van der Waals surface area contributed by atoms with Crippen LogP contribution in [0.3, 0.4) is 0 Å². The number of halogens is 3. The number of nitrogens with one attached hydrogen (secondary N) is 1. The number of rotatable bonds is 5. The number of nitrogens with two attached hydrogens (primary N) is 2. The standard InChI is InChI=1S/C23H19ClF2N8O/c1-10-12(18(25)26)5-3-8-16(10)34-21(31-15-7-4-6-14(24)17(15)22(34)35)11(2)30-20-13(9-27)19(28)32-23(29)33-20/h3-8,11,18H,1-2H3,(H5,28,29,30,32,33). The fourth-order valence-corrected chi connectivity index (χ4v) is 4.08. The van der Waals surface area contributed by atoms with Crippen LogP contribution in [-0.4, -0.2) is 19.5 Å². The summed E-state index contributed by atoms with van der Waals surface area (Å²) in [5.41, 5.74) is 11.4. The summed E-state index contributed by atoms with van der Waals surface area (Å²) in [5, 5.41) is 12.8. The molecule has 35 heavy (non-hydrogen) atoms. The summed E-state index contributed by atoms with van der Waals surface area (Å²) in [6.45, 7) is 3.16. The molecule has 0 aliphatic carbocycles. The Bertz CT molecular complexity index is 1560. The number of alkyl halides is 2. The van der Waals surface area contributed by atoms with Crippen molar-refractivity contribution in [2.24, 2.45) is 0 Å². The van der Waals surface area contributed by atoms with Gasteiger partial charge in [0.1, 0.15) is 23.3 Å². The third-order valence-electron chi connectivity index (χ3n) is 5.50. The summed E-state index contributed by atoms with van der Waals surface area (Å²) in [7, 11) is 0. The highest BCUT2D eigenvalue weighted by Gasteiger charge is 2.24. The zero-order chi connectivity index (χ0) is 25.4. The summed E-state index contributed by atoms with van der Waals surface area (Å²) in [4.78, 5) is 26.1. The zero-order valence-corrected chi connectivity index (χ0v) is 19.3. The number of aromatic nitrogens is 4. The Kier molecular flexibility index (Phi) is 6.24. The van der Waals surface area contributed by atoms with Gasteiger partial charge >= 0.3 is 0 Å². The van der Waals surface area contributed by atoms with Gasteiger partial charge in [-0.3, -0.25) is 9.36 Å². The Morgan fingerprint density at radius 1 is 1.14 bits per heavy atom. The van der Waals surface area contributed by atoms with E-state index in [2.05, 4.69) is 20.3 Å². The van der Waals surface area contributed by atoms with E-state index in [0.29, 0.717) is 5.52 Å². The number of nitriles is 1. The van der Waals surface area contributed by atoms with Crippen molar-refractivity contribution in [3.05, 3.63) is 74.3 Å². The van der Waals surface area contributed by atoms with Gasteiger partial charge in [-0.2, -0.15) is 15.2 Å². The Hall–Kier alpha value is -4.30. The van der Waals surface area contributed by atoms with Crippen molar-refractivity contribution in [1.82, 2.24) is 19.5 Å². The third kappa shape index (κ3) is 4.20. The van der Waals surface area contributed by atoms with Gasteiger partial charge in [-0.25, -0.2) is 13.8 Å². The summed E-state index contributed by atoms with van der Waals surface area (Å²) in [5.74, 6) is -0.0767. The molecular weight excluding hydrogens is 478 g/mol. The van der Waals surface area contributed by atoms with Gasteiger partial charge in [-0.15, -0.1) is 0 Å². The Morgan fingerprint density at radius 3 is 2.54 bits per heavy atom. The van der Waals surface area contributed by atoms with Gasteiger partial charge in [0.15, 0.2) is 5.82 Å². The summed E-state index contributed by atoms with van der Waals surface area (Å²) in [6, 6.07) is 10.2. The summed E-state index contributed by atoms with van der Waals surface area (Å²) >= 11 is 6.31. The van der Waals surface area contributed by atoms with E-state index in [1.807, 2.05) is 6.07 Å². The fraction of sp³-hybridized carbons (Fsp3) is 0.174. The van der Waals surface area contributed by atoms with Crippen LogP contribution in [0.4, 0.5) is 26.4 Å². The van der Waals surface area contributed by atoms with Crippen LogP contribution >= 0.6 is 11.6 Å². The average Bonchev–Trinajstić information content (AvgIpc) is 2.79. The van der Waals surface area contributed by atoms with Gasteiger partial charge in [0.2, 0.25) is 5.95 Å². The molecular formula is C23H19ClF2N8O. The minimum atomic E-state index is -2.74. The van der Waals surface area contributed by atoms with Crippen LogP contribution in [0.1, 0.15) is 41.9 Å². The topological polar surface area (TPSA) is 149 Å². The largest absolute Gasteiger partial charge is 0.382 e. The quantitative estimate of drug-likeness (QED) is 0.370. The number of nitrogen functional groups attached to an aromatic ring is 2. The van der Waals surface area contributed by atoms with Gasteiger partial charge in [-0.05, 0) is 37.6 Å². The van der Waals surface area contributed by atoms with Gasteiger partial charge in [0, 0.05) is 5.56 Å². The second-order valence-electron chi connectivity index (χ2n) is 7.71. The molecule has 12 heteroatoms. The molecule has 0 fully saturated rings. The SMILES string of the molecule is Cc1c(C(F)F)cccc1-n1c(C(C)Nc2nc(N)nc(N)c2C#N)nc2cccc(Cl)c2c1=O. The van der Waals surface area contributed by atoms with Crippen LogP contribution in [0.25, 0.3) is 16.6 Å². The lowest BCUT2D eigenvalue weighted by Gasteiger charge is -2.22. The highest BCUT2D eigenvalue weighted by atomic mass is 35.5. The second-order valence-corrected chi connectivity index (χ2v) is 8.11. The highest BCUT2D eigenvalue weighted by molar-refractivity contribution is 6.35. The van der Waals surface area contributed by atoms with Crippen molar-refractivity contribution in [2.45, 2.75) is 26.3 Å². The minimum Gasteiger partial charge on any atom is -0.382 e. The van der Waals surface area contributed by atoms with Crippen LogP contribution in [0.5, 0.6) is 0 Å². The van der Waals surface area contributed by atoms with Crippen molar-refractivity contribution < 1.29 is 8.78 Å². The van der Waals surface area contributed by atoms with E-state index in [-0.39, 0.29) is 56.2 Å². The van der Waals surface area contributed by atoms with E-state index in [9.17, 15) is 18.8 Å². The van der Waals surface area contributed by atoms with Crippen molar-refractivity contribution in [1.29, 1.82) is 5.26 Å². The van der Waals surface area contributed by atoms with Crippen LogP contribution in [-0.2, 0) is 0 Å². The molecule has 0 amide bonds. The lowest BCUT2D eigenvalue weighted by molar-refractivity contribution is 0.150. The molecule has 0 radical (unpaired) electrons. The molecule has 5 N–H and O–H groups in total. The molecule has 178 valence electrons. The molecule has 0 bridgehead atoms. The lowest BCUT2D eigenvalue weighted by atomic mass is 10.1. The van der Waals surface area contributed by atoms with Crippen molar-refractivity contribution >= 4 is 40.1 Å². The molecule has 0 saturated heterocycles. The normalized spacial score (nSPS) is 12.0. The lowest BCUT2D eigenvalue weighted by Crippen LogP contribution is -2.28. The van der Waals surface area contributed by atoms with Crippen LogP contribution < -0.4 is 22.3 Å². The van der Waals surface area contributed by atoms with Crippen LogP contribution in [0.15, 0.2) is 41.2 Å². The van der Waals surface area contributed by atoms with Crippen LogP contribution in [0, 0.1) is 18.3 Å². The first kappa shape index (κ1) is 23.8.